The van der Waals surface area contributed by atoms with Gasteiger partial charge in [-0.15, -0.1) is 0 Å². The monoisotopic (exact) mass is 322 g/mol. The maximum Gasteiger partial charge on any atom is 0.317 e. The summed E-state index contributed by atoms with van der Waals surface area (Å²) in [5, 5.41) is 13.2. The highest BCUT2D eigenvalue weighted by molar-refractivity contribution is 5.75. The Bertz CT molecular complexity index is 527. The molecular formula is C17H23FN2O3. The molecule has 1 saturated heterocycles. The van der Waals surface area contributed by atoms with Crippen LogP contribution >= 0.6 is 0 Å². The van der Waals surface area contributed by atoms with Crippen LogP contribution in [0.1, 0.15) is 37.4 Å². The summed E-state index contributed by atoms with van der Waals surface area (Å²) in [6.45, 7) is 1.48. The molecule has 0 aromatic heterocycles. The molecule has 23 heavy (non-hydrogen) atoms. The highest BCUT2D eigenvalue weighted by Crippen LogP contribution is 2.29. The van der Waals surface area contributed by atoms with Crippen LogP contribution in [0.15, 0.2) is 24.3 Å². The zero-order chi connectivity index (χ0) is 16.2. The number of amides is 2. The van der Waals surface area contributed by atoms with Crippen LogP contribution in [0.25, 0.3) is 0 Å². The quantitative estimate of drug-likeness (QED) is 0.844. The van der Waals surface area contributed by atoms with Crippen LogP contribution in [0, 0.1) is 5.82 Å². The second-order valence-corrected chi connectivity index (χ2v) is 6.27. The first kappa shape index (κ1) is 16.2. The molecule has 2 N–H and O–H groups in total. The molecule has 6 heteroatoms. The Balaban J connectivity index is 1.55. The molecule has 2 aliphatic rings. The summed E-state index contributed by atoms with van der Waals surface area (Å²) >= 11 is 0. The van der Waals surface area contributed by atoms with Crippen molar-refractivity contribution in [1.29, 1.82) is 0 Å². The minimum Gasteiger partial charge on any atom is -0.387 e. The fourth-order valence-corrected chi connectivity index (χ4v) is 2.87. The number of halogens is 1. The lowest BCUT2D eigenvalue weighted by molar-refractivity contribution is 0.100. The second kappa shape index (κ2) is 7.27. The SMILES string of the molecule is O=C(NC[C@H]1CCCO1)N(C[C@H](O)c1ccc(F)cc1)C1CC1. The number of ether oxygens (including phenoxy) is 1. The van der Waals surface area contributed by atoms with Gasteiger partial charge in [-0.3, -0.25) is 0 Å². The summed E-state index contributed by atoms with van der Waals surface area (Å²) in [7, 11) is 0. The van der Waals surface area contributed by atoms with Crippen molar-refractivity contribution in [2.45, 2.75) is 43.9 Å². The van der Waals surface area contributed by atoms with Gasteiger partial charge in [-0.05, 0) is 43.4 Å². The fourth-order valence-electron chi connectivity index (χ4n) is 2.87. The van der Waals surface area contributed by atoms with Crippen LogP contribution in [0.5, 0.6) is 0 Å². The van der Waals surface area contributed by atoms with Gasteiger partial charge in [0, 0.05) is 19.2 Å². The van der Waals surface area contributed by atoms with Crippen molar-refractivity contribution >= 4 is 6.03 Å². The van der Waals surface area contributed by atoms with E-state index < -0.39 is 6.10 Å². The van der Waals surface area contributed by atoms with E-state index >= 15 is 0 Å². The van der Waals surface area contributed by atoms with Crippen molar-refractivity contribution in [1.82, 2.24) is 10.2 Å². The summed E-state index contributed by atoms with van der Waals surface area (Å²) in [6.07, 6.45) is 3.22. The lowest BCUT2D eigenvalue weighted by Gasteiger charge is -2.26. The normalized spacial score (nSPS) is 21.9. The molecule has 2 amide bonds. The van der Waals surface area contributed by atoms with Gasteiger partial charge in [-0.25, -0.2) is 9.18 Å². The average Bonchev–Trinajstić information content (AvgIpc) is 3.26. The van der Waals surface area contributed by atoms with E-state index in [9.17, 15) is 14.3 Å². The highest BCUT2D eigenvalue weighted by Gasteiger charge is 2.34. The maximum atomic E-state index is 13.0. The first-order chi connectivity index (χ1) is 11.1. The lowest BCUT2D eigenvalue weighted by atomic mass is 10.1. The standard InChI is InChI=1S/C17H23FN2O3/c18-13-5-3-12(4-6-13)16(21)11-20(14-7-8-14)17(22)19-10-15-2-1-9-23-15/h3-6,14-16,21H,1-2,7-11H2,(H,19,22)/t15-,16+/m1/s1. The third-order valence-corrected chi connectivity index (χ3v) is 4.38. The third-order valence-electron chi connectivity index (χ3n) is 4.38. The first-order valence-electron chi connectivity index (χ1n) is 8.23. The van der Waals surface area contributed by atoms with E-state index in [2.05, 4.69) is 5.32 Å². The van der Waals surface area contributed by atoms with Gasteiger partial charge in [0.05, 0.1) is 18.8 Å². The van der Waals surface area contributed by atoms with Gasteiger partial charge in [0.25, 0.3) is 0 Å². The van der Waals surface area contributed by atoms with Gasteiger partial charge in [-0.1, -0.05) is 12.1 Å². The van der Waals surface area contributed by atoms with Gasteiger partial charge < -0.3 is 20.1 Å². The third kappa shape index (κ3) is 4.42. The lowest BCUT2D eigenvalue weighted by Crippen LogP contribution is -2.45. The molecule has 2 fully saturated rings. The van der Waals surface area contributed by atoms with E-state index in [1.54, 1.807) is 17.0 Å². The number of aliphatic hydroxyl groups is 1. The molecular weight excluding hydrogens is 299 g/mol. The molecule has 1 aromatic rings. The van der Waals surface area contributed by atoms with Gasteiger partial charge in [0.1, 0.15) is 5.82 Å². The first-order valence-corrected chi connectivity index (χ1v) is 8.23. The number of carbonyl (C=O) groups excluding carboxylic acids is 1. The van der Waals surface area contributed by atoms with Crippen molar-refractivity contribution in [3.05, 3.63) is 35.6 Å². The van der Waals surface area contributed by atoms with Gasteiger partial charge >= 0.3 is 6.03 Å². The van der Waals surface area contributed by atoms with E-state index in [4.69, 9.17) is 4.74 Å². The Hall–Kier alpha value is -1.66. The largest absolute Gasteiger partial charge is 0.387 e. The maximum absolute atomic E-state index is 13.0. The minimum atomic E-state index is -0.815. The predicted molar refractivity (Wildman–Crippen MR) is 83.5 cm³/mol. The smallest absolute Gasteiger partial charge is 0.317 e. The number of nitrogens with one attached hydrogen (secondary N) is 1. The van der Waals surface area contributed by atoms with Crippen molar-refractivity contribution < 1.29 is 19.0 Å². The zero-order valence-electron chi connectivity index (χ0n) is 13.1. The van der Waals surface area contributed by atoms with Crippen molar-refractivity contribution in [3.63, 3.8) is 0 Å². The highest BCUT2D eigenvalue weighted by atomic mass is 19.1. The van der Waals surface area contributed by atoms with Crippen LogP contribution in [-0.4, -0.2) is 47.9 Å². The van der Waals surface area contributed by atoms with Crippen LogP contribution in [-0.2, 0) is 4.74 Å². The molecule has 1 saturated carbocycles. The predicted octanol–water partition coefficient (Wildman–Crippen LogP) is 2.21. The minimum absolute atomic E-state index is 0.0991. The summed E-state index contributed by atoms with van der Waals surface area (Å²) in [5.41, 5.74) is 0.615. The van der Waals surface area contributed by atoms with Gasteiger partial charge in [0.15, 0.2) is 0 Å². The molecule has 126 valence electrons. The molecule has 1 heterocycles. The Labute approximate surface area is 135 Å². The molecule has 0 spiro atoms. The van der Waals surface area contributed by atoms with Gasteiger partial charge in [0.2, 0.25) is 0 Å². The van der Waals surface area contributed by atoms with Crippen molar-refractivity contribution in [2.24, 2.45) is 0 Å². The topological polar surface area (TPSA) is 61.8 Å². The molecule has 1 aliphatic carbocycles. The summed E-state index contributed by atoms with van der Waals surface area (Å²) < 4.78 is 18.5. The Kier molecular flexibility index (Phi) is 5.13. The van der Waals surface area contributed by atoms with Crippen molar-refractivity contribution in [2.75, 3.05) is 19.7 Å². The average molecular weight is 322 g/mol. The van der Waals surface area contributed by atoms with E-state index in [0.29, 0.717) is 12.1 Å². The molecule has 0 unspecified atom stereocenters. The van der Waals surface area contributed by atoms with E-state index in [1.807, 2.05) is 0 Å². The number of benzene rings is 1. The summed E-state index contributed by atoms with van der Waals surface area (Å²) in [5.74, 6) is -0.339. The number of hydrogen-bond acceptors (Lipinski definition) is 3. The fraction of sp³-hybridized carbons (Fsp3) is 0.588. The molecule has 5 nitrogen and oxygen atoms in total. The second-order valence-electron chi connectivity index (χ2n) is 6.27. The molecule has 0 bridgehead atoms. The molecule has 0 radical (unpaired) electrons. The van der Waals surface area contributed by atoms with Crippen LogP contribution in [0.3, 0.4) is 0 Å². The van der Waals surface area contributed by atoms with E-state index in [1.165, 1.54) is 12.1 Å². The number of urea groups is 1. The van der Waals surface area contributed by atoms with E-state index in [-0.39, 0.29) is 30.5 Å². The number of hydrogen-bond donors (Lipinski definition) is 2. The Morgan fingerprint density at radius 3 is 2.70 bits per heavy atom. The summed E-state index contributed by atoms with van der Waals surface area (Å²) in [4.78, 5) is 14.1. The van der Waals surface area contributed by atoms with Crippen molar-refractivity contribution in [3.8, 4) is 0 Å². The summed E-state index contributed by atoms with van der Waals surface area (Å²) in [6, 6.07) is 5.76. The van der Waals surface area contributed by atoms with Crippen LogP contribution in [0.2, 0.25) is 0 Å². The molecule has 1 aliphatic heterocycles. The number of nitrogens with zero attached hydrogens (tertiary/aromatic N) is 1. The number of carbonyl (C=O) groups is 1. The molecule has 3 rings (SSSR count). The van der Waals surface area contributed by atoms with Crippen LogP contribution in [0.4, 0.5) is 9.18 Å². The van der Waals surface area contributed by atoms with Gasteiger partial charge in [-0.2, -0.15) is 0 Å². The zero-order valence-corrected chi connectivity index (χ0v) is 13.1. The number of aliphatic hydroxyl groups excluding tert-OH is 1. The Morgan fingerprint density at radius 2 is 2.09 bits per heavy atom. The number of rotatable bonds is 6. The molecule has 1 aromatic carbocycles. The Morgan fingerprint density at radius 1 is 1.35 bits per heavy atom. The van der Waals surface area contributed by atoms with Crippen LogP contribution < -0.4 is 5.32 Å². The van der Waals surface area contributed by atoms with E-state index in [0.717, 1.165) is 32.3 Å². The molecule has 2 atom stereocenters.